The minimum absolute atomic E-state index is 0.185. The van der Waals surface area contributed by atoms with Gasteiger partial charge in [-0.25, -0.2) is 0 Å². The smallest absolute Gasteiger partial charge is 0.292 e. The molecule has 0 spiro atoms. The van der Waals surface area contributed by atoms with Crippen LogP contribution in [0.3, 0.4) is 0 Å². The molecule has 1 N–H and O–H groups in total. The lowest BCUT2D eigenvalue weighted by molar-refractivity contribution is -0.384. The summed E-state index contributed by atoms with van der Waals surface area (Å²) < 4.78 is 0. The third kappa shape index (κ3) is 2.56. The Labute approximate surface area is 112 Å². The zero-order valence-corrected chi connectivity index (χ0v) is 11.1. The molecule has 1 aromatic rings. The van der Waals surface area contributed by atoms with Crippen molar-refractivity contribution in [1.82, 2.24) is 4.90 Å². The van der Waals surface area contributed by atoms with Crippen molar-refractivity contribution < 1.29 is 4.92 Å². The number of hydrogen-bond acceptors (Lipinski definition) is 4. The van der Waals surface area contributed by atoms with Gasteiger partial charge in [-0.3, -0.25) is 15.0 Å². The Balaban J connectivity index is 1.74. The molecule has 0 bridgehead atoms. The van der Waals surface area contributed by atoms with Crippen LogP contribution in [0.15, 0.2) is 18.2 Å². The van der Waals surface area contributed by atoms with Gasteiger partial charge < -0.3 is 5.32 Å². The second-order valence-electron chi connectivity index (χ2n) is 5.58. The van der Waals surface area contributed by atoms with Crippen molar-refractivity contribution in [3.63, 3.8) is 0 Å². The second kappa shape index (κ2) is 4.81. The molecule has 1 aromatic carbocycles. The fourth-order valence-electron chi connectivity index (χ4n) is 2.87. The van der Waals surface area contributed by atoms with E-state index in [1.807, 2.05) is 13.0 Å². The molecule has 0 radical (unpaired) electrons. The molecule has 0 aromatic heterocycles. The molecule has 102 valence electrons. The fourth-order valence-corrected chi connectivity index (χ4v) is 2.87. The number of nitro benzene ring substituents is 1. The first kappa shape index (κ1) is 12.4. The van der Waals surface area contributed by atoms with Gasteiger partial charge in [-0.1, -0.05) is 12.1 Å². The van der Waals surface area contributed by atoms with E-state index in [-0.39, 0.29) is 10.6 Å². The molecule has 0 amide bonds. The van der Waals surface area contributed by atoms with Crippen LogP contribution in [0, 0.1) is 17.0 Å². The number of para-hydroxylation sites is 1. The van der Waals surface area contributed by atoms with Gasteiger partial charge in [0, 0.05) is 31.2 Å². The van der Waals surface area contributed by atoms with Gasteiger partial charge >= 0.3 is 0 Å². The lowest BCUT2D eigenvalue weighted by Crippen LogP contribution is -2.28. The predicted octanol–water partition coefficient (Wildman–Crippen LogP) is 2.55. The number of rotatable bonds is 4. The maximum absolute atomic E-state index is 11.1. The lowest BCUT2D eigenvalue weighted by Gasteiger charge is -2.17. The summed E-state index contributed by atoms with van der Waals surface area (Å²) in [6.45, 7) is 4.04. The number of likely N-dealkylation sites (tertiary alicyclic amines) is 1. The molecule has 5 heteroatoms. The SMILES string of the molecule is Cc1cccc([N+](=O)[O-])c1NC1CCN(C2CC2)C1. The van der Waals surface area contributed by atoms with Crippen molar-refractivity contribution in [2.45, 2.75) is 38.3 Å². The zero-order valence-electron chi connectivity index (χ0n) is 11.1. The summed E-state index contributed by atoms with van der Waals surface area (Å²) in [5.74, 6) is 0. The van der Waals surface area contributed by atoms with E-state index in [1.165, 1.54) is 12.8 Å². The number of benzene rings is 1. The summed E-state index contributed by atoms with van der Waals surface area (Å²) in [5, 5.41) is 14.5. The van der Waals surface area contributed by atoms with E-state index < -0.39 is 0 Å². The number of nitro groups is 1. The Kier molecular flexibility index (Phi) is 3.14. The highest BCUT2D eigenvalue weighted by Gasteiger charge is 2.34. The van der Waals surface area contributed by atoms with Crippen LogP contribution in [0.25, 0.3) is 0 Å². The van der Waals surface area contributed by atoms with Crippen LogP contribution in [0.2, 0.25) is 0 Å². The first-order chi connectivity index (χ1) is 9.15. The van der Waals surface area contributed by atoms with E-state index >= 15 is 0 Å². The van der Waals surface area contributed by atoms with Gasteiger partial charge in [0.25, 0.3) is 5.69 Å². The molecule has 1 saturated heterocycles. The number of nitrogens with zero attached hydrogens (tertiary/aromatic N) is 2. The molecule has 3 rings (SSSR count). The van der Waals surface area contributed by atoms with Gasteiger partial charge in [0.15, 0.2) is 0 Å². The van der Waals surface area contributed by atoms with E-state index in [1.54, 1.807) is 12.1 Å². The standard InChI is InChI=1S/C14H19N3O2/c1-10-3-2-4-13(17(18)19)14(10)15-11-7-8-16(9-11)12-5-6-12/h2-4,11-12,15H,5-9H2,1H3. The number of hydrogen-bond donors (Lipinski definition) is 1. The van der Waals surface area contributed by atoms with Crippen LogP contribution >= 0.6 is 0 Å². The minimum Gasteiger partial charge on any atom is -0.375 e. The third-order valence-corrected chi connectivity index (χ3v) is 4.08. The van der Waals surface area contributed by atoms with Gasteiger partial charge in [0.1, 0.15) is 5.69 Å². The van der Waals surface area contributed by atoms with Gasteiger partial charge in [0.05, 0.1) is 4.92 Å². The van der Waals surface area contributed by atoms with E-state index in [2.05, 4.69) is 10.2 Å². The topological polar surface area (TPSA) is 58.4 Å². The van der Waals surface area contributed by atoms with E-state index in [0.29, 0.717) is 11.7 Å². The van der Waals surface area contributed by atoms with E-state index in [0.717, 1.165) is 31.1 Å². The summed E-state index contributed by atoms with van der Waals surface area (Å²) in [4.78, 5) is 13.3. The van der Waals surface area contributed by atoms with Gasteiger partial charge in [-0.2, -0.15) is 0 Å². The first-order valence-electron chi connectivity index (χ1n) is 6.90. The van der Waals surface area contributed by atoms with Gasteiger partial charge in [0.2, 0.25) is 0 Å². The monoisotopic (exact) mass is 261 g/mol. The summed E-state index contributed by atoms with van der Waals surface area (Å²) in [7, 11) is 0. The van der Waals surface area contributed by atoms with Crippen LogP contribution in [0.1, 0.15) is 24.8 Å². The Morgan fingerprint density at radius 2 is 2.16 bits per heavy atom. The van der Waals surface area contributed by atoms with Crippen LogP contribution < -0.4 is 5.32 Å². The maximum atomic E-state index is 11.1. The van der Waals surface area contributed by atoms with Crippen LogP contribution in [-0.4, -0.2) is 35.0 Å². The summed E-state index contributed by atoms with van der Waals surface area (Å²) in [6, 6.07) is 6.34. The number of aryl methyl sites for hydroxylation is 1. The van der Waals surface area contributed by atoms with E-state index in [9.17, 15) is 10.1 Å². The largest absolute Gasteiger partial charge is 0.375 e. The molecule has 1 unspecified atom stereocenters. The quantitative estimate of drug-likeness (QED) is 0.668. The molecular weight excluding hydrogens is 242 g/mol. The second-order valence-corrected chi connectivity index (χ2v) is 5.58. The zero-order chi connectivity index (χ0) is 13.4. The predicted molar refractivity (Wildman–Crippen MR) is 74.5 cm³/mol. The lowest BCUT2D eigenvalue weighted by atomic mass is 10.1. The Hall–Kier alpha value is -1.62. The van der Waals surface area contributed by atoms with Crippen LogP contribution in [-0.2, 0) is 0 Å². The van der Waals surface area contributed by atoms with Crippen molar-refractivity contribution in [3.8, 4) is 0 Å². The number of nitrogens with one attached hydrogen (secondary N) is 1. The molecule has 2 aliphatic rings. The van der Waals surface area contributed by atoms with Crippen molar-refractivity contribution in [3.05, 3.63) is 33.9 Å². The van der Waals surface area contributed by atoms with Crippen molar-refractivity contribution in [1.29, 1.82) is 0 Å². The molecule has 1 aliphatic heterocycles. The molecule has 19 heavy (non-hydrogen) atoms. The molecule has 1 heterocycles. The summed E-state index contributed by atoms with van der Waals surface area (Å²) >= 11 is 0. The third-order valence-electron chi connectivity index (χ3n) is 4.08. The Bertz CT molecular complexity index is 499. The molecular formula is C14H19N3O2. The van der Waals surface area contributed by atoms with Crippen molar-refractivity contribution >= 4 is 11.4 Å². The summed E-state index contributed by atoms with van der Waals surface area (Å²) in [6.07, 6.45) is 3.70. The molecule has 1 aliphatic carbocycles. The molecule has 1 atom stereocenters. The molecule has 2 fully saturated rings. The maximum Gasteiger partial charge on any atom is 0.292 e. The summed E-state index contributed by atoms with van der Waals surface area (Å²) in [5.41, 5.74) is 1.82. The number of anilines is 1. The van der Waals surface area contributed by atoms with Gasteiger partial charge in [-0.15, -0.1) is 0 Å². The molecule has 1 saturated carbocycles. The minimum atomic E-state index is -0.303. The first-order valence-corrected chi connectivity index (χ1v) is 6.90. The highest BCUT2D eigenvalue weighted by molar-refractivity contribution is 5.66. The molecule has 5 nitrogen and oxygen atoms in total. The highest BCUT2D eigenvalue weighted by Crippen LogP contribution is 2.33. The highest BCUT2D eigenvalue weighted by atomic mass is 16.6. The average molecular weight is 261 g/mol. The Morgan fingerprint density at radius 1 is 1.37 bits per heavy atom. The van der Waals surface area contributed by atoms with Crippen molar-refractivity contribution in [2.24, 2.45) is 0 Å². The van der Waals surface area contributed by atoms with Crippen LogP contribution in [0.4, 0.5) is 11.4 Å². The van der Waals surface area contributed by atoms with Crippen molar-refractivity contribution in [2.75, 3.05) is 18.4 Å². The van der Waals surface area contributed by atoms with Crippen LogP contribution in [0.5, 0.6) is 0 Å². The average Bonchev–Trinajstić information content (AvgIpc) is 3.12. The van der Waals surface area contributed by atoms with Gasteiger partial charge in [-0.05, 0) is 31.7 Å². The van der Waals surface area contributed by atoms with E-state index in [4.69, 9.17) is 0 Å². The Morgan fingerprint density at radius 3 is 2.84 bits per heavy atom. The fraction of sp³-hybridized carbons (Fsp3) is 0.571. The normalized spacial score (nSPS) is 23.5.